The fourth-order valence-electron chi connectivity index (χ4n) is 3.72. The average molecular weight is 485 g/mol. The quantitative estimate of drug-likeness (QED) is 0.336. The summed E-state index contributed by atoms with van der Waals surface area (Å²) in [4.78, 5) is 17.5. The first-order chi connectivity index (χ1) is 16.3. The van der Waals surface area contributed by atoms with Gasteiger partial charge >= 0.3 is 0 Å². The first-order valence-electron chi connectivity index (χ1n) is 10.8. The number of rotatable bonds is 8. The van der Waals surface area contributed by atoms with Crippen LogP contribution in [-0.2, 0) is 10.0 Å². The molecule has 1 saturated carbocycles. The molecule has 1 aliphatic rings. The normalized spacial score (nSPS) is 15.2. The molecule has 0 amide bonds. The Bertz CT molecular complexity index is 1460. The zero-order chi connectivity index (χ0) is 24.0. The molecule has 1 fully saturated rings. The fourth-order valence-corrected chi connectivity index (χ4v) is 5.20. The van der Waals surface area contributed by atoms with E-state index >= 15 is 0 Å². The van der Waals surface area contributed by atoms with Gasteiger partial charge in [0.05, 0.1) is 41.5 Å². The van der Waals surface area contributed by atoms with Gasteiger partial charge in [-0.25, -0.2) is 28.4 Å². The number of pyridine rings is 1. The summed E-state index contributed by atoms with van der Waals surface area (Å²) in [5, 5.41) is 26.3. The molecule has 3 N–H and O–H groups in total. The molecule has 1 atom stereocenters. The molecule has 4 heterocycles. The number of hydrogen-bond acceptors (Lipinski definition) is 10. The average Bonchev–Trinajstić information content (AvgIpc) is 3.44. The summed E-state index contributed by atoms with van der Waals surface area (Å²) in [6.45, 7) is 3.49. The number of imidazole rings is 1. The van der Waals surface area contributed by atoms with Crippen LogP contribution in [0.25, 0.3) is 22.4 Å². The zero-order valence-corrected chi connectivity index (χ0v) is 19.4. The molecule has 178 valence electrons. The maximum atomic E-state index is 12.4. The van der Waals surface area contributed by atoms with E-state index in [-0.39, 0.29) is 11.3 Å². The summed E-state index contributed by atoms with van der Waals surface area (Å²) in [6, 6.07) is 3.45. The smallest absolute Gasteiger partial charge is 0.256 e. The van der Waals surface area contributed by atoms with Crippen LogP contribution in [0.2, 0.25) is 0 Å². The minimum atomic E-state index is -3.47. The van der Waals surface area contributed by atoms with Gasteiger partial charge in [-0.2, -0.15) is 9.19 Å². The maximum absolute atomic E-state index is 12.4. The van der Waals surface area contributed by atoms with Crippen LogP contribution in [0.3, 0.4) is 0 Å². The largest absolute Gasteiger partial charge is 0.393 e. The van der Waals surface area contributed by atoms with E-state index in [0.29, 0.717) is 47.2 Å². The van der Waals surface area contributed by atoms with Gasteiger partial charge in [0.15, 0.2) is 5.82 Å². The number of fused-ring (bicyclic) bond motifs is 1. The Morgan fingerprint density at radius 3 is 2.68 bits per heavy atom. The maximum Gasteiger partial charge on any atom is 0.256 e. The van der Waals surface area contributed by atoms with E-state index < -0.39 is 22.7 Å². The summed E-state index contributed by atoms with van der Waals surface area (Å²) >= 11 is 0. The van der Waals surface area contributed by atoms with E-state index in [1.165, 1.54) is 12.4 Å². The molecule has 4 aromatic heterocycles. The van der Waals surface area contributed by atoms with Gasteiger partial charge in [-0.1, -0.05) is 0 Å². The fraction of sp³-hybridized carbons (Fsp3) is 0.381. The zero-order valence-electron chi connectivity index (χ0n) is 18.6. The second-order valence-corrected chi connectivity index (χ2v) is 10.5. The van der Waals surface area contributed by atoms with Gasteiger partial charge in [0.2, 0.25) is 0 Å². The molecule has 34 heavy (non-hydrogen) atoms. The van der Waals surface area contributed by atoms with Crippen molar-refractivity contribution < 1.29 is 18.6 Å². The van der Waals surface area contributed by atoms with E-state index in [4.69, 9.17) is 0 Å². The predicted molar refractivity (Wildman–Crippen MR) is 124 cm³/mol. The molecule has 5 rings (SSSR count). The lowest BCUT2D eigenvalue weighted by Crippen LogP contribution is -2.17. The van der Waals surface area contributed by atoms with Crippen molar-refractivity contribution in [3.8, 4) is 11.4 Å². The highest BCUT2D eigenvalue weighted by Gasteiger charge is 2.37. The Hall–Kier alpha value is -3.42. The predicted octanol–water partition coefficient (Wildman–Crippen LogP) is 1.78. The summed E-state index contributed by atoms with van der Waals surface area (Å²) in [7, 11) is -3.47. The van der Waals surface area contributed by atoms with Crippen molar-refractivity contribution in [1.29, 1.82) is 0 Å². The second kappa shape index (κ2) is 8.42. The number of aliphatic hydroxyl groups excluding tert-OH is 2. The molecule has 0 aliphatic heterocycles. The van der Waals surface area contributed by atoms with Gasteiger partial charge in [-0.05, 0) is 32.8 Å². The van der Waals surface area contributed by atoms with Crippen molar-refractivity contribution >= 4 is 32.7 Å². The van der Waals surface area contributed by atoms with Crippen LogP contribution in [0.15, 0.2) is 36.9 Å². The Morgan fingerprint density at radius 1 is 1.18 bits per heavy atom. The second-order valence-electron chi connectivity index (χ2n) is 8.43. The van der Waals surface area contributed by atoms with Crippen molar-refractivity contribution in [3.05, 3.63) is 42.7 Å². The standard InChI is InChI=1S/C21H24N8O4S/c1-12(2)29-16-7-19(23-9-15(16)25-21(29)17(31)11-30)26-18-5-6-22-20(27-18)13-8-24-28(10-13)34(32,33)14-3-4-14/h5-10,12,14,17,30-31H,3-4,11H2,1-2H3,(H,22,23,26,27)/t17-/m1/s1. The molecule has 0 aromatic carbocycles. The van der Waals surface area contributed by atoms with Gasteiger partial charge in [0.25, 0.3) is 10.0 Å². The minimum absolute atomic E-state index is 0.00874. The van der Waals surface area contributed by atoms with Crippen molar-refractivity contribution in [1.82, 2.24) is 33.7 Å². The first-order valence-corrected chi connectivity index (χ1v) is 12.3. The van der Waals surface area contributed by atoms with Crippen LogP contribution >= 0.6 is 0 Å². The highest BCUT2D eigenvalue weighted by molar-refractivity contribution is 7.90. The third kappa shape index (κ3) is 4.02. The molecule has 0 bridgehead atoms. The number of aliphatic hydroxyl groups is 2. The summed E-state index contributed by atoms with van der Waals surface area (Å²) in [6.07, 6.45) is 6.20. The molecular formula is C21H24N8O4S. The molecule has 0 radical (unpaired) electrons. The highest BCUT2D eigenvalue weighted by Crippen LogP contribution is 2.30. The highest BCUT2D eigenvalue weighted by atomic mass is 32.2. The molecule has 0 unspecified atom stereocenters. The van der Waals surface area contributed by atoms with Crippen LogP contribution in [0.5, 0.6) is 0 Å². The SMILES string of the molecule is CC(C)n1c([C@H](O)CO)nc2cnc(Nc3ccnc(-c4cnn(S(=O)(=O)C5CC5)c4)n3)cc21. The Balaban J connectivity index is 1.44. The van der Waals surface area contributed by atoms with Crippen molar-refractivity contribution in [2.45, 2.75) is 44.1 Å². The molecule has 4 aromatic rings. The molecule has 1 aliphatic carbocycles. The van der Waals surface area contributed by atoms with Crippen LogP contribution in [0.4, 0.5) is 11.6 Å². The molecule has 0 spiro atoms. The van der Waals surface area contributed by atoms with Gasteiger partial charge < -0.3 is 20.1 Å². The monoisotopic (exact) mass is 484 g/mol. The lowest BCUT2D eigenvalue weighted by atomic mass is 10.3. The van der Waals surface area contributed by atoms with E-state index in [1.54, 1.807) is 24.5 Å². The van der Waals surface area contributed by atoms with Crippen LogP contribution < -0.4 is 5.32 Å². The number of hydrogen-bond donors (Lipinski definition) is 3. The van der Waals surface area contributed by atoms with E-state index in [9.17, 15) is 18.6 Å². The third-order valence-corrected chi connectivity index (χ3v) is 7.56. The molecule has 13 heteroatoms. The molecular weight excluding hydrogens is 460 g/mol. The Kier molecular flexibility index (Phi) is 5.54. The lowest BCUT2D eigenvalue weighted by molar-refractivity contribution is 0.0852. The molecule has 12 nitrogen and oxygen atoms in total. The number of aromatic nitrogens is 7. The third-order valence-electron chi connectivity index (χ3n) is 5.53. The van der Waals surface area contributed by atoms with E-state index in [0.717, 1.165) is 9.60 Å². The van der Waals surface area contributed by atoms with Gasteiger partial charge in [0, 0.05) is 18.3 Å². The lowest BCUT2D eigenvalue weighted by Gasteiger charge is -2.15. The summed E-state index contributed by atoms with van der Waals surface area (Å²) < 4.78 is 27.6. The van der Waals surface area contributed by atoms with Gasteiger partial charge in [-0.3, -0.25) is 0 Å². The molecule has 0 saturated heterocycles. The van der Waals surface area contributed by atoms with Gasteiger partial charge in [0.1, 0.15) is 29.1 Å². The first kappa shape index (κ1) is 22.4. The number of nitrogens with zero attached hydrogens (tertiary/aromatic N) is 7. The summed E-state index contributed by atoms with van der Waals surface area (Å²) in [5.74, 6) is 1.65. The summed E-state index contributed by atoms with van der Waals surface area (Å²) in [5.41, 5.74) is 1.82. The van der Waals surface area contributed by atoms with Crippen molar-refractivity contribution in [3.63, 3.8) is 0 Å². The van der Waals surface area contributed by atoms with Crippen LogP contribution in [-0.4, -0.2) is 64.2 Å². The topological polar surface area (TPSA) is 161 Å². The Labute approximate surface area is 195 Å². The minimum Gasteiger partial charge on any atom is -0.393 e. The van der Waals surface area contributed by atoms with Crippen LogP contribution in [0.1, 0.15) is 44.7 Å². The van der Waals surface area contributed by atoms with Crippen molar-refractivity contribution in [2.75, 3.05) is 11.9 Å². The van der Waals surface area contributed by atoms with Gasteiger partial charge in [-0.15, -0.1) is 0 Å². The van der Waals surface area contributed by atoms with Crippen LogP contribution in [0, 0.1) is 0 Å². The van der Waals surface area contributed by atoms with E-state index in [2.05, 4.69) is 30.4 Å². The van der Waals surface area contributed by atoms with E-state index in [1.807, 2.05) is 18.4 Å². The number of nitrogens with one attached hydrogen (secondary N) is 1. The van der Waals surface area contributed by atoms with Crippen molar-refractivity contribution in [2.24, 2.45) is 0 Å². The Morgan fingerprint density at radius 2 is 1.97 bits per heavy atom. The number of anilines is 2.